The molecule has 0 N–H and O–H groups in total. The van der Waals surface area contributed by atoms with Crippen molar-refractivity contribution in [1.29, 1.82) is 0 Å². The zero-order chi connectivity index (χ0) is 23.9. The van der Waals surface area contributed by atoms with Crippen molar-refractivity contribution in [2.24, 2.45) is 0 Å². The highest BCUT2D eigenvalue weighted by molar-refractivity contribution is 5.44. The Hall–Kier alpha value is -3.70. The number of rotatable bonds is 5. The first-order valence-corrected chi connectivity index (χ1v) is 9.51. The van der Waals surface area contributed by atoms with Crippen LogP contribution in [0.2, 0.25) is 0 Å². The average Bonchev–Trinajstić information content (AvgIpc) is 3.11. The van der Waals surface area contributed by atoms with E-state index >= 15 is 0 Å². The van der Waals surface area contributed by atoms with Crippen molar-refractivity contribution in [2.45, 2.75) is 19.3 Å². The lowest BCUT2D eigenvalue weighted by Gasteiger charge is -2.14. The summed E-state index contributed by atoms with van der Waals surface area (Å²) in [6.45, 7) is 0.758. The zero-order valence-electron chi connectivity index (χ0n) is 16.9. The van der Waals surface area contributed by atoms with Crippen molar-refractivity contribution < 1.29 is 35.8 Å². The Morgan fingerprint density at radius 1 is 1.00 bits per heavy atom. The van der Waals surface area contributed by atoms with Crippen LogP contribution in [0.4, 0.5) is 32.2 Å². The molecule has 174 valence electrons. The summed E-state index contributed by atoms with van der Waals surface area (Å²) in [4.78, 5) is 17.6. The van der Waals surface area contributed by atoms with Crippen LogP contribution >= 0.6 is 0 Å². The van der Waals surface area contributed by atoms with Gasteiger partial charge in [-0.25, -0.2) is 18.0 Å². The molecule has 1 aliphatic rings. The van der Waals surface area contributed by atoms with Gasteiger partial charge in [-0.1, -0.05) is 0 Å². The van der Waals surface area contributed by atoms with Crippen molar-refractivity contribution in [3.05, 3.63) is 75.5 Å². The number of likely N-dealkylation sites (N-methyl/N-ethyl adjacent to an activating group) is 1. The normalized spacial score (nSPS) is 13.2. The highest BCUT2D eigenvalue weighted by Crippen LogP contribution is 2.36. The summed E-state index contributed by atoms with van der Waals surface area (Å²) in [7, 11) is 1.78. The van der Waals surface area contributed by atoms with Gasteiger partial charge in [0.2, 0.25) is 5.88 Å². The predicted octanol–water partition coefficient (Wildman–Crippen LogP) is 4.50. The van der Waals surface area contributed by atoms with E-state index in [4.69, 9.17) is 9.47 Å². The van der Waals surface area contributed by atoms with Crippen molar-refractivity contribution >= 4 is 5.82 Å². The highest BCUT2D eigenvalue weighted by Gasteiger charge is 2.34. The molecule has 0 aliphatic carbocycles. The van der Waals surface area contributed by atoms with E-state index in [1.807, 2.05) is 4.90 Å². The van der Waals surface area contributed by atoms with E-state index in [0.29, 0.717) is 31.0 Å². The lowest BCUT2D eigenvalue weighted by Crippen LogP contribution is -2.22. The molecule has 1 aromatic heterocycles. The van der Waals surface area contributed by atoms with Gasteiger partial charge in [-0.3, -0.25) is 4.57 Å². The van der Waals surface area contributed by atoms with Gasteiger partial charge in [0.1, 0.15) is 24.0 Å². The Balaban J connectivity index is 1.52. The molecule has 0 unspecified atom stereocenters. The number of hydrogen-bond acceptors (Lipinski definition) is 5. The second-order valence-corrected chi connectivity index (χ2v) is 7.23. The van der Waals surface area contributed by atoms with Gasteiger partial charge in [0.25, 0.3) is 0 Å². The monoisotopic (exact) mass is 471 g/mol. The van der Waals surface area contributed by atoms with Gasteiger partial charge in [0.15, 0.2) is 17.4 Å². The molecule has 0 atom stereocenters. The summed E-state index contributed by atoms with van der Waals surface area (Å²) < 4.78 is 92.5. The first-order chi connectivity index (χ1) is 15.5. The maximum atomic E-state index is 14.4. The van der Waals surface area contributed by atoms with Crippen LogP contribution in [0.1, 0.15) is 11.1 Å². The fourth-order valence-electron chi connectivity index (χ4n) is 3.29. The Morgan fingerprint density at radius 2 is 1.70 bits per heavy atom. The number of ether oxygens (including phenoxy) is 2. The number of anilines is 1. The second kappa shape index (κ2) is 8.34. The van der Waals surface area contributed by atoms with E-state index in [1.54, 1.807) is 7.05 Å². The van der Waals surface area contributed by atoms with Crippen LogP contribution in [-0.4, -0.2) is 23.1 Å². The van der Waals surface area contributed by atoms with Gasteiger partial charge in [-0.2, -0.15) is 18.2 Å². The summed E-state index contributed by atoms with van der Waals surface area (Å²) >= 11 is 0. The van der Waals surface area contributed by atoms with Crippen LogP contribution in [0.5, 0.6) is 17.4 Å². The van der Waals surface area contributed by atoms with Crippen LogP contribution in [0.15, 0.2) is 41.2 Å². The standard InChI is InChI=1S/C21H15F6N3O3/c1-29-4-5-30-18(29)9-17(28-20(30)31)32-10-11-6-15(23)19(16(24)7-11)33-12-2-3-14(22)13(8-12)21(25,26)27/h2-3,6-9H,4-5,10H2,1H3. The summed E-state index contributed by atoms with van der Waals surface area (Å²) in [6, 6.07) is 4.85. The van der Waals surface area contributed by atoms with Gasteiger partial charge in [0.05, 0.1) is 5.56 Å². The van der Waals surface area contributed by atoms with Crippen LogP contribution in [0.25, 0.3) is 0 Å². The molecule has 2 aromatic carbocycles. The molecule has 2 heterocycles. The van der Waals surface area contributed by atoms with Crippen molar-refractivity contribution in [1.82, 2.24) is 9.55 Å². The highest BCUT2D eigenvalue weighted by atomic mass is 19.4. The van der Waals surface area contributed by atoms with E-state index in [2.05, 4.69) is 4.98 Å². The Labute approximate surface area is 182 Å². The molecule has 0 saturated carbocycles. The molecular weight excluding hydrogens is 456 g/mol. The Bertz CT molecular complexity index is 1250. The third-order valence-electron chi connectivity index (χ3n) is 4.92. The maximum absolute atomic E-state index is 14.4. The smallest absolute Gasteiger partial charge is 0.419 e. The summed E-state index contributed by atoms with van der Waals surface area (Å²) in [6.07, 6.45) is -5.01. The molecular formula is C21H15F6N3O3. The molecule has 0 radical (unpaired) electrons. The average molecular weight is 471 g/mol. The molecule has 0 saturated heterocycles. The summed E-state index contributed by atoms with van der Waals surface area (Å²) in [5.74, 6) is -4.99. The number of benzene rings is 2. The molecule has 0 bridgehead atoms. The molecule has 0 fully saturated rings. The molecule has 1 aliphatic heterocycles. The first kappa shape index (κ1) is 22.5. The van der Waals surface area contributed by atoms with Crippen LogP contribution < -0.4 is 20.1 Å². The molecule has 3 aromatic rings. The molecule has 4 rings (SSSR count). The number of fused-ring (bicyclic) bond motifs is 1. The molecule has 0 spiro atoms. The minimum absolute atomic E-state index is 0.0168. The van der Waals surface area contributed by atoms with Crippen molar-refractivity contribution in [3.8, 4) is 17.4 Å². The number of alkyl halides is 3. The summed E-state index contributed by atoms with van der Waals surface area (Å²) in [5, 5.41) is 0. The van der Waals surface area contributed by atoms with Gasteiger partial charge < -0.3 is 14.4 Å². The largest absolute Gasteiger partial charge is 0.473 e. The van der Waals surface area contributed by atoms with Gasteiger partial charge >= 0.3 is 11.9 Å². The third-order valence-corrected chi connectivity index (χ3v) is 4.92. The number of halogens is 6. The van der Waals surface area contributed by atoms with Crippen LogP contribution in [0.3, 0.4) is 0 Å². The topological polar surface area (TPSA) is 56.6 Å². The Morgan fingerprint density at radius 3 is 2.36 bits per heavy atom. The van der Waals surface area contributed by atoms with E-state index in [9.17, 15) is 31.1 Å². The number of nitrogens with zero attached hydrogens (tertiary/aromatic N) is 3. The minimum atomic E-state index is -5.01. The fourth-order valence-corrected chi connectivity index (χ4v) is 3.29. The fraction of sp³-hybridized carbons (Fsp3) is 0.238. The quantitative estimate of drug-likeness (QED) is 0.513. The molecule has 0 amide bonds. The molecule has 33 heavy (non-hydrogen) atoms. The second-order valence-electron chi connectivity index (χ2n) is 7.23. The zero-order valence-corrected chi connectivity index (χ0v) is 16.9. The molecule has 6 nitrogen and oxygen atoms in total. The maximum Gasteiger partial charge on any atom is 0.419 e. The van der Waals surface area contributed by atoms with E-state index < -0.39 is 46.4 Å². The van der Waals surface area contributed by atoms with Gasteiger partial charge in [0, 0.05) is 26.2 Å². The number of hydrogen-bond donors (Lipinski definition) is 0. The van der Waals surface area contributed by atoms with Gasteiger partial charge in [-0.15, -0.1) is 0 Å². The van der Waals surface area contributed by atoms with Gasteiger partial charge in [-0.05, 0) is 35.9 Å². The van der Waals surface area contributed by atoms with E-state index in [0.717, 1.165) is 18.2 Å². The molecule has 12 heteroatoms. The third kappa shape index (κ3) is 4.59. The lowest BCUT2D eigenvalue weighted by molar-refractivity contribution is -0.140. The van der Waals surface area contributed by atoms with E-state index in [1.165, 1.54) is 10.6 Å². The van der Waals surface area contributed by atoms with Crippen molar-refractivity contribution in [2.75, 3.05) is 18.5 Å². The van der Waals surface area contributed by atoms with Crippen LogP contribution in [0, 0.1) is 17.5 Å². The van der Waals surface area contributed by atoms with E-state index in [-0.39, 0.29) is 18.1 Å². The SMILES string of the molecule is CN1CCn2c1cc(OCc1cc(F)c(Oc3ccc(F)c(C(F)(F)F)c3)c(F)c1)nc2=O. The van der Waals surface area contributed by atoms with Crippen LogP contribution in [-0.2, 0) is 19.3 Å². The predicted molar refractivity (Wildman–Crippen MR) is 104 cm³/mol. The lowest BCUT2D eigenvalue weighted by atomic mass is 10.2. The van der Waals surface area contributed by atoms with Crippen molar-refractivity contribution in [3.63, 3.8) is 0 Å². The first-order valence-electron chi connectivity index (χ1n) is 9.51. The minimum Gasteiger partial charge on any atom is -0.473 e. The Kier molecular flexibility index (Phi) is 5.68. The summed E-state index contributed by atoms with van der Waals surface area (Å²) in [5.41, 5.74) is -2.14. The number of aromatic nitrogens is 2.